The lowest BCUT2D eigenvalue weighted by Crippen LogP contribution is -2.29. The van der Waals surface area contributed by atoms with E-state index in [0.29, 0.717) is 0 Å². The van der Waals surface area contributed by atoms with Gasteiger partial charge in [-0.1, -0.05) is 0 Å². The molecule has 1 rings (SSSR count). The van der Waals surface area contributed by atoms with E-state index in [1.165, 1.54) is 7.05 Å². The fourth-order valence-electron chi connectivity index (χ4n) is 1.24. The molecule has 1 heterocycles. The molecule has 0 bridgehead atoms. The highest BCUT2D eigenvalue weighted by Gasteiger charge is 2.35. The number of halogens is 3. The molecule has 80 valence electrons. The van der Waals surface area contributed by atoms with E-state index in [-0.39, 0.29) is 30.9 Å². The molecule has 0 aromatic carbocycles. The van der Waals surface area contributed by atoms with Crippen LogP contribution < -0.4 is 5.73 Å². The minimum absolute atomic E-state index is 0.0613. The summed E-state index contributed by atoms with van der Waals surface area (Å²) in [6.07, 6.45) is -4.32. The Morgan fingerprint density at radius 2 is 2.14 bits per heavy atom. The maximum Gasteiger partial charge on any atom is 0.431 e. The molecule has 1 aliphatic rings. The molecule has 2 N–H and O–H groups in total. The summed E-state index contributed by atoms with van der Waals surface area (Å²) < 4.78 is 41.8. The molecule has 1 aliphatic heterocycles. The molecule has 0 saturated carbocycles. The summed E-state index contributed by atoms with van der Waals surface area (Å²) in [5.74, 6) is 0. The van der Waals surface area contributed by atoms with Crippen molar-refractivity contribution < 1.29 is 17.9 Å². The summed E-state index contributed by atoms with van der Waals surface area (Å²) in [4.78, 5) is 3.72. The SMILES string of the molecule is CN=C1COCCC1=C(N)C(F)(F)F. The number of nitrogens with two attached hydrogens (primary N) is 1. The average molecular weight is 208 g/mol. The molecule has 0 spiro atoms. The molecule has 0 radical (unpaired) electrons. The van der Waals surface area contributed by atoms with E-state index >= 15 is 0 Å². The molecular formula is C8H11F3N2O. The highest BCUT2D eigenvalue weighted by Crippen LogP contribution is 2.27. The number of ether oxygens (including phenoxy) is 1. The van der Waals surface area contributed by atoms with Gasteiger partial charge in [0.05, 0.1) is 18.9 Å². The van der Waals surface area contributed by atoms with E-state index in [4.69, 9.17) is 10.5 Å². The van der Waals surface area contributed by atoms with Crippen LogP contribution in [0, 0.1) is 0 Å². The number of nitrogens with zero attached hydrogens (tertiary/aromatic N) is 1. The monoisotopic (exact) mass is 208 g/mol. The summed E-state index contributed by atoms with van der Waals surface area (Å²) in [7, 11) is 1.42. The number of rotatable bonds is 0. The van der Waals surface area contributed by atoms with Gasteiger partial charge in [-0.15, -0.1) is 0 Å². The van der Waals surface area contributed by atoms with Gasteiger partial charge in [-0.3, -0.25) is 4.99 Å². The Morgan fingerprint density at radius 3 is 2.64 bits per heavy atom. The van der Waals surface area contributed by atoms with Gasteiger partial charge in [-0.25, -0.2) is 0 Å². The maximum absolute atomic E-state index is 12.3. The Morgan fingerprint density at radius 1 is 1.50 bits per heavy atom. The van der Waals surface area contributed by atoms with Crippen molar-refractivity contribution in [3.05, 3.63) is 11.3 Å². The van der Waals surface area contributed by atoms with Gasteiger partial charge in [-0.2, -0.15) is 13.2 Å². The first-order chi connectivity index (χ1) is 6.46. The smallest absolute Gasteiger partial charge is 0.394 e. The Kier molecular flexibility index (Phi) is 3.15. The van der Waals surface area contributed by atoms with Crippen LogP contribution >= 0.6 is 0 Å². The first kappa shape index (κ1) is 11.0. The van der Waals surface area contributed by atoms with E-state index in [0.717, 1.165) is 0 Å². The van der Waals surface area contributed by atoms with Crippen LogP contribution in [0.25, 0.3) is 0 Å². The van der Waals surface area contributed by atoms with Crippen molar-refractivity contribution in [3.8, 4) is 0 Å². The highest BCUT2D eigenvalue weighted by molar-refractivity contribution is 6.02. The zero-order chi connectivity index (χ0) is 10.8. The second kappa shape index (κ2) is 4.00. The van der Waals surface area contributed by atoms with E-state index in [1.54, 1.807) is 0 Å². The van der Waals surface area contributed by atoms with Crippen molar-refractivity contribution in [1.29, 1.82) is 0 Å². The van der Waals surface area contributed by atoms with Crippen molar-refractivity contribution in [1.82, 2.24) is 0 Å². The molecular weight excluding hydrogens is 197 g/mol. The minimum atomic E-state index is -4.48. The Balaban J connectivity index is 3.04. The molecule has 0 unspecified atom stereocenters. The molecule has 0 aromatic rings. The van der Waals surface area contributed by atoms with Crippen molar-refractivity contribution in [2.45, 2.75) is 12.6 Å². The van der Waals surface area contributed by atoms with Crippen LogP contribution in [0.1, 0.15) is 6.42 Å². The van der Waals surface area contributed by atoms with Gasteiger partial charge in [0.1, 0.15) is 5.70 Å². The van der Waals surface area contributed by atoms with Crippen molar-refractivity contribution in [2.75, 3.05) is 20.3 Å². The van der Waals surface area contributed by atoms with Gasteiger partial charge < -0.3 is 10.5 Å². The standard InChI is InChI=1S/C8H11F3N2O/c1-13-6-4-14-3-2-5(6)7(12)8(9,10)11/h2-4,12H2,1H3. The topological polar surface area (TPSA) is 47.6 Å². The van der Waals surface area contributed by atoms with E-state index in [1.807, 2.05) is 0 Å². The zero-order valence-electron chi connectivity index (χ0n) is 7.69. The lowest BCUT2D eigenvalue weighted by Gasteiger charge is -2.20. The quantitative estimate of drug-likeness (QED) is 0.651. The van der Waals surface area contributed by atoms with Gasteiger partial charge >= 0.3 is 6.18 Å². The largest absolute Gasteiger partial charge is 0.431 e. The van der Waals surface area contributed by atoms with E-state index in [2.05, 4.69) is 4.99 Å². The Hall–Kier alpha value is -1.04. The molecule has 3 nitrogen and oxygen atoms in total. The number of aliphatic imine (C=N–C) groups is 1. The molecule has 1 saturated heterocycles. The van der Waals surface area contributed by atoms with Crippen LogP contribution in [0.4, 0.5) is 13.2 Å². The van der Waals surface area contributed by atoms with Gasteiger partial charge in [0.25, 0.3) is 0 Å². The molecule has 6 heteroatoms. The van der Waals surface area contributed by atoms with Crippen molar-refractivity contribution >= 4 is 5.71 Å². The predicted molar refractivity (Wildman–Crippen MR) is 46.1 cm³/mol. The summed E-state index contributed by atoms with van der Waals surface area (Å²) >= 11 is 0. The summed E-state index contributed by atoms with van der Waals surface area (Å²) in [6.45, 7) is 0.355. The van der Waals surface area contributed by atoms with Crippen LogP contribution in [-0.2, 0) is 4.74 Å². The van der Waals surface area contributed by atoms with Crippen LogP contribution in [0.2, 0.25) is 0 Å². The number of alkyl halides is 3. The lowest BCUT2D eigenvalue weighted by molar-refractivity contribution is -0.0935. The fourth-order valence-corrected chi connectivity index (χ4v) is 1.24. The van der Waals surface area contributed by atoms with E-state index in [9.17, 15) is 13.2 Å². The normalized spacial score (nSPS) is 25.3. The number of allylic oxidation sites excluding steroid dienone is 1. The minimum Gasteiger partial charge on any atom is -0.394 e. The van der Waals surface area contributed by atoms with Gasteiger partial charge in [0.15, 0.2) is 0 Å². The predicted octanol–water partition coefficient (Wildman–Crippen LogP) is 1.25. The summed E-state index contributed by atoms with van der Waals surface area (Å²) in [5, 5.41) is 0. The first-order valence-corrected chi connectivity index (χ1v) is 4.06. The molecule has 0 aromatic heterocycles. The summed E-state index contributed by atoms with van der Waals surface area (Å²) in [6, 6.07) is 0. The third kappa shape index (κ3) is 2.25. The molecule has 0 aliphatic carbocycles. The average Bonchev–Trinajstić information content (AvgIpc) is 2.15. The van der Waals surface area contributed by atoms with Crippen molar-refractivity contribution in [3.63, 3.8) is 0 Å². The van der Waals surface area contributed by atoms with Gasteiger partial charge in [-0.05, 0) is 6.42 Å². The van der Waals surface area contributed by atoms with E-state index < -0.39 is 11.9 Å². The second-order valence-corrected chi connectivity index (χ2v) is 2.86. The number of hydrogen-bond donors (Lipinski definition) is 1. The molecule has 0 atom stereocenters. The van der Waals surface area contributed by atoms with Gasteiger partial charge in [0, 0.05) is 12.6 Å². The van der Waals surface area contributed by atoms with Crippen molar-refractivity contribution in [2.24, 2.45) is 10.7 Å². The third-order valence-electron chi connectivity index (χ3n) is 1.98. The zero-order valence-corrected chi connectivity index (χ0v) is 7.69. The molecule has 0 amide bonds. The number of hydrogen-bond acceptors (Lipinski definition) is 3. The second-order valence-electron chi connectivity index (χ2n) is 2.86. The van der Waals surface area contributed by atoms with Crippen LogP contribution in [0.5, 0.6) is 0 Å². The first-order valence-electron chi connectivity index (χ1n) is 4.06. The third-order valence-corrected chi connectivity index (χ3v) is 1.98. The maximum atomic E-state index is 12.3. The van der Waals surface area contributed by atoms with Crippen LogP contribution in [0.3, 0.4) is 0 Å². The lowest BCUT2D eigenvalue weighted by atomic mass is 10.0. The van der Waals surface area contributed by atoms with Gasteiger partial charge in [0.2, 0.25) is 0 Å². The van der Waals surface area contributed by atoms with Crippen LogP contribution in [0.15, 0.2) is 16.3 Å². The Labute approximate surface area is 79.4 Å². The molecule has 14 heavy (non-hydrogen) atoms. The Bertz CT molecular complexity index is 281. The fraction of sp³-hybridized carbons (Fsp3) is 0.625. The highest BCUT2D eigenvalue weighted by atomic mass is 19.4. The summed E-state index contributed by atoms with van der Waals surface area (Å²) in [5.41, 5.74) is 4.30. The van der Waals surface area contributed by atoms with Crippen LogP contribution in [-0.4, -0.2) is 32.1 Å². The molecule has 1 fully saturated rings.